The molecule has 2 heteroatoms. The third kappa shape index (κ3) is 5.80. The van der Waals surface area contributed by atoms with Crippen LogP contribution >= 0.6 is 0 Å². The molecule has 0 N–H and O–H groups in total. The molecule has 0 radical (unpaired) electrons. The van der Waals surface area contributed by atoms with Crippen LogP contribution in [0.5, 0.6) is 11.5 Å². The maximum absolute atomic E-state index is 7.23. The molecular formula is C63H45NO. The summed E-state index contributed by atoms with van der Waals surface area (Å²) in [4.78, 5) is 2.42. The third-order valence-corrected chi connectivity index (χ3v) is 14.4. The van der Waals surface area contributed by atoms with Crippen molar-refractivity contribution in [1.82, 2.24) is 0 Å². The second-order valence-corrected chi connectivity index (χ2v) is 17.8. The van der Waals surface area contributed by atoms with E-state index in [-0.39, 0.29) is 11.8 Å². The summed E-state index contributed by atoms with van der Waals surface area (Å²) in [7, 11) is 0. The Morgan fingerprint density at radius 2 is 1.11 bits per heavy atom. The molecule has 1 spiro atoms. The van der Waals surface area contributed by atoms with Crippen LogP contribution in [0, 0.1) is 5.92 Å². The lowest BCUT2D eigenvalue weighted by Crippen LogP contribution is -2.37. The molecule has 0 bridgehead atoms. The topological polar surface area (TPSA) is 12.5 Å². The summed E-state index contributed by atoms with van der Waals surface area (Å²) in [5, 5.41) is 4.66. The molecule has 65 heavy (non-hydrogen) atoms. The largest absolute Gasteiger partial charge is 0.455 e. The van der Waals surface area contributed by atoms with Gasteiger partial charge in [0, 0.05) is 50.7 Å². The summed E-state index contributed by atoms with van der Waals surface area (Å²) < 4.78 is 7.23. The van der Waals surface area contributed by atoms with Gasteiger partial charge < -0.3 is 9.64 Å². The van der Waals surface area contributed by atoms with Gasteiger partial charge in [0.15, 0.2) is 0 Å². The zero-order valence-electron chi connectivity index (χ0n) is 35.9. The van der Waals surface area contributed by atoms with E-state index in [1.807, 2.05) is 0 Å². The molecule has 3 aliphatic carbocycles. The van der Waals surface area contributed by atoms with Gasteiger partial charge in [0.05, 0.1) is 11.1 Å². The fourth-order valence-electron chi connectivity index (χ4n) is 11.6. The molecule has 308 valence electrons. The Morgan fingerprint density at radius 1 is 0.477 bits per heavy atom. The summed E-state index contributed by atoms with van der Waals surface area (Å²) in [6.45, 7) is 0. The van der Waals surface area contributed by atoms with Gasteiger partial charge in [-0.2, -0.15) is 0 Å². The lowest BCUT2D eigenvalue weighted by molar-refractivity contribution is 0.380. The predicted octanol–water partition coefficient (Wildman–Crippen LogP) is 16.8. The summed E-state index contributed by atoms with van der Waals surface area (Å²) in [6, 6.07) is 71.6. The highest BCUT2D eigenvalue weighted by molar-refractivity contribution is 5.98. The van der Waals surface area contributed by atoms with Gasteiger partial charge in [-0.15, -0.1) is 0 Å². The van der Waals surface area contributed by atoms with Crippen LogP contribution in [0.1, 0.15) is 46.6 Å². The Hall–Kier alpha value is -7.94. The van der Waals surface area contributed by atoms with E-state index in [0.717, 1.165) is 52.2 Å². The van der Waals surface area contributed by atoms with Crippen LogP contribution in [-0.4, -0.2) is 0 Å². The smallest absolute Gasteiger partial charge is 0.139 e. The van der Waals surface area contributed by atoms with Gasteiger partial charge in [0.25, 0.3) is 0 Å². The first-order chi connectivity index (χ1) is 32.3. The van der Waals surface area contributed by atoms with Gasteiger partial charge in [-0.3, -0.25) is 0 Å². The van der Waals surface area contributed by atoms with E-state index in [4.69, 9.17) is 4.74 Å². The van der Waals surface area contributed by atoms with Gasteiger partial charge >= 0.3 is 0 Å². The SMILES string of the molecule is C1=CC2c3c(-c4ccc(N(c5ccccc5)c5ccc(C6=CCCC=C6)cc5-c5ccccc5)cc4)cccc3C3(c4ccc5ccccc5c4Oc4c3ccc3ccccc43)C2C=C1. The minimum absolute atomic E-state index is 0.138. The summed E-state index contributed by atoms with van der Waals surface area (Å²) >= 11 is 0. The molecule has 2 nitrogen and oxygen atoms in total. The summed E-state index contributed by atoms with van der Waals surface area (Å²) in [5.41, 5.74) is 15.5. The van der Waals surface area contributed by atoms with Crippen molar-refractivity contribution in [3.8, 4) is 33.8 Å². The third-order valence-electron chi connectivity index (χ3n) is 14.4. The lowest BCUT2D eigenvalue weighted by Gasteiger charge is -2.43. The Morgan fingerprint density at radius 3 is 1.82 bits per heavy atom. The maximum atomic E-state index is 7.23. The van der Waals surface area contributed by atoms with E-state index in [1.54, 1.807) is 0 Å². The fraction of sp³-hybridized carbons (Fsp3) is 0.0794. The molecule has 0 aromatic heterocycles. The number of anilines is 3. The first-order valence-electron chi connectivity index (χ1n) is 23.0. The highest BCUT2D eigenvalue weighted by Crippen LogP contribution is 2.67. The second kappa shape index (κ2) is 15.1. The Kier molecular flexibility index (Phi) is 8.74. The first kappa shape index (κ1) is 37.6. The number of allylic oxidation sites excluding steroid dienone is 8. The van der Waals surface area contributed by atoms with E-state index >= 15 is 0 Å². The van der Waals surface area contributed by atoms with Crippen molar-refractivity contribution in [3.05, 3.63) is 264 Å². The van der Waals surface area contributed by atoms with Crippen molar-refractivity contribution in [2.24, 2.45) is 5.92 Å². The van der Waals surface area contributed by atoms with Crippen molar-refractivity contribution in [2.75, 3.05) is 4.90 Å². The average molecular weight is 832 g/mol. The van der Waals surface area contributed by atoms with Crippen LogP contribution in [0.2, 0.25) is 0 Å². The van der Waals surface area contributed by atoms with Crippen molar-refractivity contribution in [2.45, 2.75) is 24.2 Å². The number of fused-ring (bicyclic) bond motifs is 13. The Balaban J connectivity index is 0.994. The van der Waals surface area contributed by atoms with Crippen molar-refractivity contribution < 1.29 is 4.74 Å². The summed E-state index contributed by atoms with van der Waals surface area (Å²) in [5.74, 6) is 2.23. The normalized spacial score (nSPS) is 17.3. The van der Waals surface area contributed by atoms with E-state index in [1.165, 1.54) is 66.4 Å². The zero-order chi connectivity index (χ0) is 42.9. The van der Waals surface area contributed by atoms with E-state index < -0.39 is 5.41 Å². The van der Waals surface area contributed by atoms with Crippen LogP contribution in [0.3, 0.4) is 0 Å². The molecule has 0 saturated carbocycles. The highest BCUT2D eigenvalue weighted by Gasteiger charge is 2.57. The number of rotatable bonds is 6. The molecule has 0 saturated heterocycles. The molecule has 2 unspecified atom stereocenters. The average Bonchev–Trinajstić information content (AvgIpc) is 3.68. The Labute approximate surface area is 380 Å². The second-order valence-electron chi connectivity index (χ2n) is 17.8. The molecule has 9 aromatic rings. The highest BCUT2D eigenvalue weighted by atomic mass is 16.5. The van der Waals surface area contributed by atoms with Crippen molar-refractivity contribution in [3.63, 3.8) is 0 Å². The molecular weight excluding hydrogens is 787 g/mol. The van der Waals surface area contributed by atoms with Gasteiger partial charge in [-0.05, 0) is 99.0 Å². The Bertz CT molecular complexity index is 3380. The zero-order valence-corrected chi connectivity index (χ0v) is 35.9. The lowest BCUT2D eigenvalue weighted by atomic mass is 9.61. The number of benzene rings is 9. The van der Waals surface area contributed by atoms with E-state index in [9.17, 15) is 0 Å². The number of hydrogen-bond donors (Lipinski definition) is 0. The summed E-state index contributed by atoms with van der Waals surface area (Å²) in [6.07, 6.45) is 18.5. The van der Waals surface area contributed by atoms with Crippen molar-refractivity contribution in [1.29, 1.82) is 0 Å². The molecule has 2 atom stereocenters. The maximum Gasteiger partial charge on any atom is 0.139 e. The van der Waals surface area contributed by atoms with Crippen LogP contribution in [-0.2, 0) is 5.41 Å². The van der Waals surface area contributed by atoms with Gasteiger partial charge in [-0.25, -0.2) is 0 Å². The molecule has 0 fully saturated rings. The molecule has 9 aromatic carbocycles. The molecule has 1 aliphatic heterocycles. The van der Waals surface area contributed by atoms with E-state index in [2.05, 4.69) is 242 Å². The van der Waals surface area contributed by atoms with Crippen LogP contribution in [0.25, 0.3) is 49.4 Å². The molecule has 13 rings (SSSR count). The fourth-order valence-corrected chi connectivity index (χ4v) is 11.6. The number of ether oxygens (including phenoxy) is 1. The number of hydrogen-bond acceptors (Lipinski definition) is 2. The molecule has 4 aliphatic rings. The number of nitrogens with zero attached hydrogens (tertiary/aromatic N) is 1. The van der Waals surface area contributed by atoms with Crippen LogP contribution in [0.4, 0.5) is 17.1 Å². The van der Waals surface area contributed by atoms with Gasteiger partial charge in [0.1, 0.15) is 11.5 Å². The number of para-hydroxylation sites is 1. The minimum Gasteiger partial charge on any atom is -0.455 e. The molecule has 0 amide bonds. The minimum atomic E-state index is -0.484. The van der Waals surface area contributed by atoms with Gasteiger partial charge in [0.2, 0.25) is 0 Å². The first-order valence-corrected chi connectivity index (χ1v) is 23.0. The molecule has 1 heterocycles. The van der Waals surface area contributed by atoms with E-state index in [0.29, 0.717) is 0 Å². The standard InChI is InChI=1S/C63H45NO/c1-4-17-42(18-5-1)47-35-40-59(54(41-47)43-19-6-2-7-20-43)64(48-23-8-3-9-24-48)49-36-31-46(32-37-49)50-28-16-30-56-60(50)53-27-14-15-29-55(53)63(56)57-38-33-44-21-10-12-25-51(44)61(57)65-62-52-26-13-11-22-45(52)34-39-58(62)63/h2-4,6-41,53,55H,1,5H2. The van der Waals surface area contributed by atoms with Gasteiger partial charge in [-0.1, -0.05) is 200 Å². The van der Waals surface area contributed by atoms with Crippen LogP contribution < -0.4 is 9.64 Å². The van der Waals surface area contributed by atoms with Crippen LogP contribution in [0.15, 0.2) is 237 Å². The monoisotopic (exact) mass is 831 g/mol. The quantitative estimate of drug-likeness (QED) is 0.165. The predicted molar refractivity (Wildman–Crippen MR) is 271 cm³/mol. The van der Waals surface area contributed by atoms with Crippen molar-refractivity contribution >= 4 is 44.2 Å².